The first kappa shape index (κ1) is 21.2. The van der Waals surface area contributed by atoms with Gasteiger partial charge in [0.2, 0.25) is 5.91 Å². The second-order valence-corrected chi connectivity index (χ2v) is 10.1. The Morgan fingerprint density at radius 2 is 2.00 bits per heavy atom. The minimum absolute atomic E-state index is 0.0420. The van der Waals surface area contributed by atoms with E-state index >= 15 is 0 Å². The van der Waals surface area contributed by atoms with Gasteiger partial charge in [-0.2, -0.15) is 28.8 Å². The van der Waals surface area contributed by atoms with Gasteiger partial charge in [-0.3, -0.25) is 4.79 Å². The Morgan fingerprint density at radius 3 is 2.65 bits per heavy atom. The fraction of sp³-hybridized carbons (Fsp3) is 0.611. The van der Waals surface area contributed by atoms with Gasteiger partial charge in [-0.1, -0.05) is 29.8 Å². The Morgan fingerprint density at radius 1 is 1.31 bits per heavy atom. The highest BCUT2D eigenvalue weighted by molar-refractivity contribution is 7.98. The Bertz CT molecular complexity index is 690. The van der Waals surface area contributed by atoms with E-state index in [9.17, 15) is 13.2 Å². The highest BCUT2D eigenvalue weighted by Crippen LogP contribution is 2.20. The van der Waals surface area contributed by atoms with Gasteiger partial charge in [-0.15, -0.1) is 0 Å². The van der Waals surface area contributed by atoms with Crippen LogP contribution in [-0.2, 0) is 20.8 Å². The van der Waals surface area contributed by atoms with Crippen molar-refractivity contribution >= 4 is 27.9 Å². The summed E-state index contributed by atoms with van der Waals surface area (Å²) < 4.78 is 27.1. The SMILES string of the molecule is Cc1ccc(CSCCNC(=O)C2CCCN(S(=O)(=O)N(C)C)C2)cc1. The quantitative estimate of drug-likeness (QED) is 0.678. The third-order valence-corrected chi connectivity index (χ3v) is 7.41. The third-order valence-electron chi connectivity index (χ3n) is 4.48. The minimum Gasteiger partial charge on any atom is -0.355 e. The summed E-state index contributed by atoms with van der Waals surface area (Å²) in [5.41, 5.74) is 2.53. The zero-order valence-corrected chi connectivity index (χ0v) is 17.4. The van der Waals surface area contributed by atoms with Crippen molar-refractivity contribution in [2.45, 2.75) is 25.5 Å². The highest BCUT2D eigenvalue weighted by atomic mass is 32.2. The number of benzene rings is 1. The summed E-state index contributed by atoms with van der Waals surface area (Å²) in [5, 5.41) is 2.95. The van der Waals surface area contributed by atoms with E-state index in [1.54, 1.807) is 11.8 Å². The minimum atomic E-state index is -3.45. The van der Waals surface area contributed by atoms with Crippen molar-refractivity contribution in [2.75, 3.05) is 39.5 Å². The maximum atomic E-state index is 12.4. The fourth-order valence-corrected chi connectivity index (χ4v) is 4.87. The molecule has 1 heterocycles. The number of carbonyl (C=O) groups is 1. The van der Waals surface area contributed by atoms with Crippen molar-refractivity contribution in [2.24, 2.45) is 5.92 Å². The lowest BCUT2D eigenvalue weighted by Crippen LogP contribution is -2.49. The van der Waals surface area contributed by atoms with Gasteiger partial charge in [0.15, 0.2) is 0 Å². The number of piperidine rings is 1. The largest absolute Gasteiger partial charge is 0.355 e. The summed E-state index contributed by atoms with van der Waals surface area (Å²) in [7, 11) is -0.410. The molecule has 1 atom stereocenters. The zero-order valence-electron chi connectivity index (χ0n) is 15.8. The van der Waals surface area contributed by atoms with E-state index in [0.29, 0.717) is 19.5 Å². The molecule has 0 saturated carbocycles. The van der Waals surface area contributed by atoms with Crippen LogP contribution in [0.15, 0.2) is 24.3 Å². The van der Waals surface area contributed by atoms with Crippen LogP contribution < -0.4 is 5.32 Å². The first-order valence-corrected chi connectivity index (χ1v) is 11.4. The van der Waals surface area contributed by atoms with Gasteiger partial charge in [-0.25, -0.2) is 0 Å². The Kier molecular flexibility index (Phi) is 7.94. The number of rotatable bonds is 8. The second kappa shape index (κ2) is 9.73. The first-order chi connectivity index (χ1) is 12.3. The standard InChI is InChI=1S/C18H29N3O3S2/c1-15-6-8-16(9-7-15)14-25-12-10-19-18(22)17-5-4-11-21(13-17)26(23,24)20(2)3/h6-9,17H,4-5,10-14H2,1-3H3,(H,19,22). The lowest BCUT2D eigenvalue weighted by atomic mass is 9.99. The van der Waals surface area contributed by atoms with Gasteiger partial charge in [0, 0.05) is 45.2 Å². The monoisotopic (exact) mass is 399 g/mol. The molecule has 6 nitrogen and oxygen atoms in total. The number of aryl methyl sites for hydroxylation is 1. The molecule has 0 bridgehead atoms. The van der Waals surface area contributed by atoms with Crippen LogP contribution in [0, 0.1) is 12.8 Å². The molecule has 0 aromatic heterocycles. The molecule has 1 saturated heterocycles. The first-order valence-electron chi connectivity index (χ1n) is 8.89. The van der Waals surface area contributed by atoms with Crippen LogP contribution >= 0.6 is 11.8 Å². The average Bonchev–Trinajstić information content (AvgIpc) is 2.62. The van der Waals surface area contributed by atoms with Crippen LogP contribution in [0.4, 0.5) is 0 Å². The molecular weight excluding hydrogens is 370 g/mol. The molecule has 1 aliphatic rings. The Hall–Kier alpha value is -1.09. The van der Waals surface area contributed by atoms with E-state index in [4.69, 9.17) is 0 Å². The molecule has 8 heteroatoms. The van der Waals surface area contributed by atoms with Crippen molar-refractivity contribution in [3.8, 4) is 0 Å². The smallest absolute Gasteiger partial charge is 0.281 e. The van der Waals surface area contributed by atoms with Crippen molar-refractivity contribution in [3.63, 3.8) is 0 Å². The molecule has 1 N–H and O–H groups in total. The summed E-state index contributed by atoms with van der Waals surface area (Å²) in [6, 6.07) is 8.47. The summed E-state index contributed by atoms with van der Waals surface area (Å²) in [4.78, 5) is 12.4. The lowest BCUT2D eigenvalue weighted by molar-refractivity contribution is -0.125. The van der Waals surface area contributed by atoms with Gasteiger partial charge in [0.1, 0.15) is 0 Å². The normalized spacial score (nSPS) is 18.8. The van der Waals surface area contributed by atoms with E-state index in [1.807, 2.05) is 0 Å². The molecule has 0 aliphatic carbocycles. The second-order valence-electron chi connectivity index (χ2n) is 6.82. The molecule has 1 aromatic carbocycles. The molecule has 1 aliphatic heterocycles. The lowest BCUT2D eigenvalue weighted by Gasteiger charge is -2.32. The van der Waals surface area contributed by atoms with Crippen molar-refractivity contribution in [1.29, 1.82) is 0 Å². The predicted molar refractivity (Wildman–Crippen MR) is 107 cm³/mol. The van der Waals surface area contributed by atoms with Gasteiger partial charge >= 0.3 is 0 Å². The molecule has 146 valence electrons. The number of hydrogen-bond acceptors (Lipinski definition) is 4. The van der Waals surface area contributed by atoms with Crippen molar-refractivity contribution in [1.82, 2.24) is 13.9 Å². The summed E-state index contributed by atoms with van der Waals surface area (Å²) in [6.07, 6.45) is 1.45. The van der Waals surface area contributed by atoms with E-state index < -0.39 is 10.2 Å². The van der Waals surface area contributed by atoms with Crippen LogP contribution in [0.1, 0.15) is 24.0 Å². The Balaban J connectivity index is 1.71. The molecule has 1 fully saturated rings. The van der Waals surface area contributed by atoms with Crippen LogP contribution in [-0.4, -0.2) is 62.4 Å². The Labute approximate surface area is 161 Å². The van der Waals surface area contributed by atoms with Gasteiger partial charge in [0.05, 0.1) is 5.92 Å². The molecule has 1 aromatic rings. The summed E-state index contributed by atoms with van der Waals surface area (Å²) >= 11 is 1.78. The maximum Gasteiger partial charge on any atom is 0.281 e. The van der Waals surface area contributed by atoms with E-state index in [2.05, 4.69) is 36.5 Å². The topological polar surface area (TPSA) is 69.7 Å². The molecule has 0 spiro atoms. The number of carbonyl (C=O) groups excluding carboxylic acids is 1. The predicted octanol–water partition coefficient (Wildman–Crippen LogP) is 1.86. The number of nitrogens with one attached hydrogen (secondary N) is 1. The summed E-state index contributed by atoms with van der Waals surface area (Å²) in [5.74, 6) is 1.46. The summed E-state index contributed by atoms with van der Waals surface area (Å²) in [6.45, 7) is 3.43. The van der Waals surface area contributed by atoms with Crippen LogP contribution in [0.25, 0.3) is 0 Å². The number of amides is 1. The molecule has 1 unspecified atom stereocenters. The molecule has 1 amide bonds. The van der Waals surface area contributed by atoms with E-state index in [1.165, 1.54) is 33.8 Å². The molecule has 0 radical (unpaired) electrons. The zero-order chi connectivity index (χ0) is 19.2. The van der Waals surface area contributed by atoms with Crippen LogP contribution in [0.5, 0.6) is 0 Å². The van der Waals surface area contributed by atoms with Gasteiger partial charge in [-0.05, 0) is 25.3 Å². The maximum absolute atomic E-state index is 12.4. The molecule has 2 rings (SSSR count). The van der Waals surface area contributed by atoms with Crippen molar-refractivity contribution in [3.05, 3.63) is 35.4 Å². The number of hydrogen-bond donors (Lipinski definition) is 1. The van der Waals surface area contributed by atoms with E-state index in [-0.39, 0.29) is 18.4 Å². The van der Waals surface area contributed by atoms with Crippen LogP contribution in [0.2, 0.25) is 0 Å². The fourth-order valence-electron chi connectivity index (χ4n) is 2.86. The number of nitrogens with zero attached hydrogens (tertiary/aromatic N) is 2. The molecular formula is C18H29N3O3S2. The van der Waals surface area contributed by atoms with Gasteiger partial charge in [0.25, 0.3) is 10.2 Å². The highest BCUT2D eigenvalue weighted by Gasteiger charge is 2.33. The number of thioether (sulfide) groups is 1. The van der Waals surface area contributed by atoms with Gasteiger partial charge < -0.3 is 5.32 Å². The average molecular weight is 400 g/mol. The molecule has 26 heavy (non-hydrogen) atoms. The third kappa shape index (κ3) is 5.97. The van der Waals surface area contributed by atoms with Crippen LogP contribution in [0.3, 0.4) is 0 Å². The van der Waals surface area contributed by atoms with Crippen molar-refractivity contribution < 1.29 is 13.2 Å². The van der Waals surface area contributed by atoms with E-state index in [0.717, 1.165) is 17.9 Å².